The van der Waals surface area contributed by atoms with Crippen molar-refractivity contribution in [1.82, 2.24) is 0 Å². The summed E-state index contributed by atoms with van der Waals surface area (Å²) in [5, 5.41) is 0. The molecule has 0 bridgehead atoms. The van der Waals surface area contributed by atoms with Gasteiger partial charge in [0.1, 0.15) is 0 Å². The van der Waals surface area contributed by atoms with Gasteiger partial charge in [-0.05, 0) is 25.7 Å². The van der Waals surface area contributed by atoms with Gasteiger partial charge in [0.25, 0.3) is 0 Å². The van der Waals surface area contributed by atoms with Gasteiger partial charge in [0.05, 0.1) is 5.92 Å². The van der Waals surface area contributed by atoms with E-state index in [1.165, 1.54) is 61.9 Å². The summed E-state index contributed by atoms with van der Waals surface area (Å²) in [5.41, 5.74) is 10.5. The van der Waals surface area contributed by atoms with Crippen LogP contribution in [0.25, 0.3) is 0 Å². The third kappa shape index (κ3) is 1.13. The molecule has 0 aromatic carbocycles. The van der Waals surface area contributed by atoms with Gasteiger partial charge in [-0.1, -0.05) is 6.42 Å². The summed E-state index contributed by atoms with van der Waals surface area (Å²) in [4.78, 5) is 3.73. The van der Waals surface area contributed by atoms with Gasteiger partial charge in [0, 0.05) is 24.1 Å². The van der Waals surface area contributed by atoms with Crippen molar-refractivity contribution < 1.29 is 4.99 Å². The van der Waals surface area contributed by atoms with Crippen LogP contribution < -0.4 is 10.7 Å². The molecule has 3 N–H and O–H groups in total. The van der Waals surface area contributed by atoms with E-state index in [9.17, 15) is 0 Å². The molecule has 2 atom stereocenters. The second kappa shape index (κ2) is 3.11. The molecule has 0 aromatic heterocycles. The molecule has 76 valence electrons. The maximum atomic E-state index is 6.29. The fraction of sp³-hybridized carbons (Fsp3) is 0.750. The molecule has 2 aliphatic carbocycles. The lowest BCUT2D eigenvalue weighted by atomic mass is 9.79. The molecule has 2 fully saturated rings. The number of nitrogens with one attached hydrogen (secondary N) is 1. The normalized spacial score (nSPS) is 36.4. The maximum Gasteiger partial charge on any atom is 0.179 e. The highest BCUT2D eigenvalue weighted by Gasteiger charge is 2.39. The van der Waals surface area contributed by atoms with Crippen LogP contribution in [-0.4, -0.2) is 11.8 Å². The van der Waals surface area contributed by atoms with Crippen LogP contribution in [0.15, 0.2) is 11.3 Å². The number of hydrogen-bond donors (Lipinski definition) is 2. The molecule has 0 radical (unpaired) electrons. The summed E-state index contributed by atoms with van der Waals surface area (Å²) >= 11 is 0. The lowest BCUT2D eigenvalue weighted by Crippen LogP contribution is -2.83. The number of fused-ring (bicyclic) bond motifs is 2. The third-order valence-electron chi connectivity index (χ3n) is 4.09. The minimum absolute atomic E-state index is 0.653. The zero-order chi connectivity index (χ0) is 9.54. The first-order valence-corrected chi connectivity index (χ1v) is 5.97. The number of rotatable bonds is 0. The average molecular weight is 191 g/mol. The lowest BCUT2D eigenvalue weighted by Gasteiger charge is -2.29. The summed E-state index contributed by atoms with van der Waals surface area (Å²) in [5.74, 6) is 0.653. The monoisotopic (exact) mass is 191 g/mol. The van der Waals surface area contributed by atoms with Crippen molar-refractivity contribution >= 4 is 5.71 Å². The van der Waals surface area contributed by atoms with Crippen LogP contribution in [0.1, 0.15) is 44.9 Å². The zero-order valence-corrected chi connectivity index (χ0v) is 8.68. The SMILES string of the molecule is NC1=C2CCCC2=[NH+][C@@H]2CCCC[C@@H]12. The van der Waals surface area contributed by atoms with E-state index in [0.29, 0.717) is 12.0 Å². The van der Waals surface area contributed by atoms with E-state index >= 15 is 0 Å². The Kier molecular flexibility index (Phi) is 1.89. The Morgan fingerprint density at radius 3 is 2.86 bits per heavy atom. The van der Waals surface area contributed by atoms with Crippen molar-refractivity contribution in [3.63, 3.8) is 0 Å². The Bertz CT molecular complexity index is 314. The van der Waals surface area contributed by atoms with Crippen LogP contribution >= 0.6 is 0 Å². The number of nitrogens with two attached hydrogens (primary N) is 1. The second-order valence-corrected chi connectivity index (χ2v) is 4.91. The zero-order valence-electron chi connectivity index (χ0n) is 8.68. The topological polar surface area (TPSA) is 40.0 Å². The van der Waals surface area contributed by atoms with Crippen LogP contribution in [0.2, 0.25) is 0 Å². The smallest absolute Gasteiger partial charge is 0.179 e. The molecule has 0 aromatic rings. The minimum atomic E-state index is 0.653. The maximum absolute atomic E-state index is 6.29. The largest absolute Gasteiger partial charge is 0.401 e. The molecule has 0 amide bonds. The molecule has 2 heteroatoms. The Morgan fingerprint density at radius 2 is 1.93 bits per heavy atom. The van der Waals surface area contributed by atoms with Crippen LogP contribution in [0.5, 0.6) is 0 Å². The van der Waals surface area contributed by atoms with Gasteiger partial charge in [0.2, 0.25) is 0 Å². The summed E-state index contributed by atoms with van der Waals surface area (Å²) in [6.45, 7) is 0. The molecule has 14 heavy (non-hydrogen) atoms. The van der Waals surface area contributed by atoms with Gasteiger partial charge in [-0.25, -0.2) is 4.99 Å². The number of hydrogen-bond acceptors (Lipinski definition) is 1. The van der Waals surface area contributed by atoms with Gasteiger partial charge < -0.3 is 5.73 Å². The summed E-state index contributed by atoms with van der Waals surface area (Å²) in [7, 11) is 0. The van der Waals surface area contributed by atoms with Crippen molar-refractivity contribution in [2.45, 2.75) is 51.0 Å². The quantitative estimate of drug-likeness (QED) is 0.574. The van der Waals surface area contributed by atoms with Crippen LogP contribution in [0.4, 0.5) is 0 Å². The van der Waals surface area contributed by atoms with Crippen molar-refractivity contribution in [2.24, 2.45) is 11.7 Å². The third-order valence-corrected chi connectivity index (χ3v) is 4.09. The van der Waals surface area contributed by atoms with E-state index in [2.05, 4.69) is 4.99 Å². The van der Waals surface area contributed by atoms with E-state index in [1.54, 1.807) is 0 Å². The summed E-state index contributed by atoms with van der Waals surface area (Å²) < 4.78 is 0. The predicted molar refractivity (Wildman–Crippen MR) is 56.8 cm³/mol. The van der Waals surface area contributed by atoms with Crippen molar-refractivity contribution in [1.29, 1.82) is 0 Å². The molecule has 0 unspecified atom stereocenters. The molecule has 1 heterocycles. The van der Waals surface area contributed by atoms with Gasteiger partial charge in [-0.3, -0.25) is 0 Å². The van der Waals surface area contributed by atoms with Crippen LogP contribution in [-0.2, 0) is 0 Å². The first kappa shape index (κ1) is 8.51. The number of allylic oxidation sites excluding steroid dienone is 1. The highest BCUT2D eigenvalue weighted by Crippen LogP contribution is 2.33. The van der Waals surface area contributed by atoms with E-state index in [-0.39, 0.29) is 0 Å². The molecule has 1 aliphatic heterocycles. The first-order valence-electron chi connectivity index (χ1n) is 5.97. The summed E-state index contributed by atoms with van der Waals surface area (Å²) in [6.07, 6.45) is 9.13. The molecule has 3 aliphatic rings. The fourth-order valence-corrected chi connectivity index (χ4v) is 3.35. The molecule has 2 nitrogen and oxygen atoms in total. The van der Waals surface area contributed by atoms with E-state index in [0.717, 1.165) is 0 Å². The molecule has 2 saturated carbocycles. The van der Waals surface area contributed by atoms with E-state index in [4.69, 9.17) is 5.73 Å². The molecule has 3 rings (SSSR count). The predicted octanol–water partition coefficient (Wildman–Crippen LogP) is 0.477. The van der Waals surface area contributed by atoms with Crippen LogP contribution in [0, 0.1) is 5.92 Å². The first-order chi connectivity index (χ1) is 6.86. The second-order valence-electron chi connectivity index (χ2n) is 4.91. The molecule has 0 saturated heterocycles. The van der Waals surface area contributed by atoms with Crippen LogP contribution in [0.3, 0.4) is 0 Å². The Labute approximate surface area is 85.3 Å². The molecular weight excluding hydrogens is 172 g/mol. The Hall–Kier alpha value is -0.790. The van der Waals surface area contributed by atoms with E-state index < -0.39 is 0 Å². The highest BCUT2D eigenvalue weighted by molar-refractivity contribution is 5.98. The minimum Gasteiger partial charge on any atom is -0.401 e. The Morgan fingerprint density at radius 1 is 1.07 bits per heavy atom. The van der Waals surface area contributed by atoms with Crippen molar-refractivity contribution in [3.8, 4) is 0 Å². The standard InChI is InChI=1S/C12H18N2/c13-12-8-4-1-2-6-10(8)14-11-7-3-5-9(11)12/h8,10H,1-7,13H2/p+1/t8-,10-/m1/s1. The molecule has 0 spiro atoms. The average Bonchev–Trinajstić information content (AvgIpc) is 2.66. The van der Waals surface area contributed by atoms with Gasteiger partial charge >= 0.3 is 0 Å². The van der Waals surface area contributed by atoms with Crippen molar-refractivity contribution in [2.75, 3.05) is 0 Å². The highest BCUT2D eigenvalue weighted by atomic mass is 14.9. The lowest BCUT2D eigenvalue weighted by molar-refractivity contribution is -0.518. The van der Waals surface area contributed by atoms with Gasteiger partial charge in [-0.15, -0.1) is 0 Å². The summed E-state index contributed by atoms with van der Waals surface area (Å²) in [6, 6.07) is 0.667. The van der Waals surface area contributed by atoms with Crippen molar-refractivity contribution in [3.05, 3.63) is 11.3 Å². The van der Waals surface area contributed by atoms with Gasteiger partial charge in [0.15, 0.2) is 11.8 Å². The van der Waals surface area contributed by atoms with Gasteiger partial charge in [-0.2, -0.15) is 0 Å². The van der Waals surface area contributed by atoms with E-state index in [1.807, 2.05) is 0 Å². The Balaban J connectivity index is 1.98. The molecular formula is C12H19N2+. The fourth-order valence-electron chi connectivity index (χ4n) is 3.35.